The Labute approximate surface area is 61.2 Å². The molecular weight excluding hydrogens is 150 g/mol. The first kappa shape index (κ1) is 6.96. The van der Waals surface area contributed by atoms with E-state index in [2.05, 4.69) is 10.2 Å². The van der Waals surface area contributed by atoms with Crippen molar-refractivity contribution >= 4 is 11.8 Å². The van der Waals surface area contributed by atoms with E-state index >= 15 is 0 Å². The number of hydrogen-bond acceptors (Lipinski definition) is 3. The van der Waals surface area contributed by atoms with Crippen molar-refractivity contribution in [1.82, 2.24) is 10.2 Å². The molecule has 5 heteroatoms. The Morgan fingerprint density at radius 1 is 1.60 bits per heavy atom. The molecule has 0 fully saturated rings. The highest BCUT2D eigenvalue weighted by molar-refractivity contribution is 7.98. The molecule has 0 aliphatic heterocycles. The van der Waals surface area contributed by atoms with Gasteiger partial charge in [-0.3, -0.25) is 15.0 Å². The zero-order chi connectivity index (χ0) is 7.56. The van der Waals surface area contributed by atoms with Gasteiger partial charge < -0.3 is 0 Å². The third-order valence-electron chi connectivity index (χ3n) is 1.06. The zero-order valence-electron chi connectivity index (χ0n) is 5.26. The van der Waals surface area contributed by atoms with Gasteiger partial charge in [-0.05, 0) is 6.26 Å². The van der Waals surface area contributed by atoms with Crippen LogP contribution in [0.1, 0.15) is 5.56 Å². The summed E-state index contributed by atoms with van der Waals surface area (Å²) in [5.74, 6) is 0. The van der Waals surface area contributed by atoms with Crippen LogP contribution in [0.15, 0.2) is 9.82 Å². The lowest BCUT2D eigenvalue weighted by Gasteiger charge is -1.84. The fourth-order valence-corrected chi connectivity index (χ4v) is 1.09. The lowest BCUT2D eigenvalue weighted by atomic mass is 10.4. The Balaban J connectivity index is 3.30. The van der Waals surface area contributed by atoms with Crippen LogP contribution in [0.3, 0.4) is 0 Å². The fourth-order valence-electron chi connectivity index (χ4n) is 0.596. The molecule has 0 saturated carbocycles. The molecule has 1 aromatic rings. The number of nitriles is 1. The van der Waals surface area contributed by atoms with Crippen LogP contribution in [0.2, 0.25) is 0 Å². The van der Waals surface area contributed by atoms with Crippen molar-refractivity contribution in [2.75, 3.05) is 6.26 Å². The van der Waals surface area contributed by atoms with Gasteiger partial charge >= 0.3 is 0 Å². The molecule has 0 atom stereocenters. The van der Waals surface area contributed by atoms with Crippen molar-refractivity contribution in [3.05, 3.63) is 15.9 Å². The lowest BCUT2D eigenvalue weighted by molar-refractivity contribution is 0.986. The molecule has 1 heterocycles. The number of nitrogens with zero attached hydrogens (tertiary/aromatic N) is 1. The van der Waals surface area contributed by atoms with E-state index in [0.717, 1.165) is 0 Å². The van der Waals surface area contributed by atoms with E-state index in [-0.39, 0.29) is 11.1 Å². The summed E-state index contributed by atoms with van der Waals surface area (Å²) in [6.45, 7) is 0. The average Bonchev–Trinajstić information content (AvgIpc) is 2.30. The first-order valence-corrected chi connectivity index (χ1v) is 3.76. The van der Waals surface area contributed by atoms with Crippen molar-refractivity contribution in [3.63, 3.8) is 0 Å². The van der Waals surface area contributed by atoms with Gasteiger partial charge in [-0.25, -0.2) is 0 Å². The molecule has 0 unspecified atom stereocenters. The number of hydrogen-bond donors (Lipinski definition) is 2. The summed E-state index contributed by atoms with van der Waals surface area (Å²) in [6, 6.07) is 1.80. The summed E-state index contributed by atoms with van der Waals surface area (Å²) in [5, 5.41) is 13.9. The number of aromatic amines is 2. The van der Waals surface area contributed by atoms with E-state index in [4.69, 9.17) is 5.26 Å². The normalized spacial score (nSPS) is 9.20. The molecule has 0 bridgehead atoms. The summed E-state index contributed by atoms with van der Waals surface area (Å²) in [7, 11) is 0. The molecule has 10 heavy (non-hydrogen) atoms. The second-order valence-corrected chi connectivity index (χ2v) is 2.42. The van der Waals surface area contributed by atoms with Crippen LogP contribution in [-0.4, -0.2) is 16.5 Å². The van der Waals surface area contributed by atoms with Gasteiger partial charge in [0.2, 0.25) is 0 Å². The quantitative estimate of drug-likeness (QED) is 0.573. The molecule has 0 aromatic carbocycles. The van der Waals surface area contributed by atoms with Crippen molar-refractivity contribution in [2.45, 2.75) is 5.03 Å². The van der Waals surface area contributed by atoms with Crippen molar-refractivity contribution < 1.29 is 0 Å². The van der Waals surface area contributed by atoms with Crippen LogP contribution in [0.25, 0.3) is 0 Å². The predicted molar refractivity (Wildman–Crippen MR) is 37.9 cm³/mol. The van der Waals surface area contributed by atoms with E-state index in [0.29, 0.717) is 5.03 Å². The molecule has 2 N–H and O–H groups in total. The highest BCUT2D eigenvalue weighted by Crippen LogP contribution is 2.11. The van der Waals surface area contributed by atoms with Crippen LogP contribution < -0.4 is 5.56 Å². The monoisotopic (exact) mass is 155 g/mol. The lowest BCUT2D eigenvalue weighted by Crippen LogP contribution is -2.01. The summed E-state index contributed by atoms with van der Waals surface area (Å²) in [6.07, 6.45) is 1.79. The highest BCUT2D eigenvalue weighted by Gasteiger charge is 2.05. The van der Waals surface area contributed by atoms with Crippen LogP contribution in [0, 0.1) is 11.3 Å². The van der Waals surface area contributed by atoms with Gasteiger partial charge in [0.1, 0.15) is 16.7 Å². The van der Waals surface area contributed by atoms with Gasteiger partial charge in [0.05, 0.1) is 0 Å². The Morgan fingerprint density at radius 3 is 2.70 bits per heavy atom. The molecule has 0 aliphatic carbocycles. The molecule has 4 nitrogen and oxygen atoms in total. The van der Waals surface area contributed by atoms with E-state index in [1.807, 2.05) is 0 Å². The SMILES string of the molecule is CSc1[nH][nH]c(=O)c1C#N. The second kappa shape index (κ2) is 2.62. The molecule has 0 aliphatic rings. The fraction of sp³-hybridized carbons (Fsp3) is 0.200. The number of nitrogens with one attached hydrogen (secondary N) is 2. The number of thioether (sulfide) groups is 1. The van der Waals surface area contributed by atoms with E-state index in [1.54, 1.807) is 12.3 Å². The van der Waals surface area contributed by atoms with Crippen LogP contribution >= 0.6 is 11.8 Å². The van der Waals surface area contributed by atoms with Gasteiger partial charge in [0.25, 0.3) is 5.56 Å². The second-order valence-electron chi connectivity index (χ2n) is 1.60. The number of aromatic nitrogens is 2. The van der Waals surface area contributed by atoms with Gasteiger partial charge in [-0.2, -0.15) is 5.26 Å². The smallest absolute Gasteiger partial charge is 0.283 e. The molecule has 0 spiro atoms. The number of H-pyrrole nitrogens is 2. The summed E-state index contributed by atoms with van der Waals surface area (Å²) < 4.78 is 0. The van der Waals surface area contributed by atoms with Crippen molar-refractivity contribution in [1.29, 1.82) is 5.26 Å². The molecule has 1 rings (SSSR count). The maximum Gasteiger partial charge on any atom is 0.283 e. The number of rotatable bonds is 1. The topological polar surface area (TPSA) is 72.4 Å². The van der Waals surface area contributed by atoms with Gasteiger partial charge in [-0.15, -0.1) is 11.8 Å². The maximum atomic E-state index is 10.7. The molecule has 0 amide bonds. The van der Waals surface area contributed by atoms with Crippen molar-refractivity contribution in [3.8, 4) is 6.07 Å². The van der Waals surface area contributed by atoms with E-state index in [9.17, 15) is 4.79 Å². The van der Waals surface area contributed by atoms with Gasteiger partial charge in [0, 0.05) is 0 Å². The predicted octanol–water partition coefficient (Wildman–Crippen LogP) is 0.297. The standard InChI is InChI=1S/C5H5N3OS/c1-10-5-3(2-6)4(9)7-8-5/h1H3,(H2,7,8,9). The minimum Gasteiger partial charge on any atom is -0.290 e. The first-order valence-electron chi connectivity index (χ1n) is 2.54. The Morgan fingerprint density at radius 2 is 2.30 bits per heavy atom. The third kappa shape index (κ3) is 0.933. The summed E-state index contributed by atoms with van der Waals surface area (Å²) in [4.78, 5) is 10.7. The average molecular weight is 155 g/mol. The van der Waals surface area contributed by atoms with Crippen LogP contribution in [0.4, 0.5) is 0 Å². The molecule has 52 valence electrons. The molecular formula is C5H5N3OS. The molecule has 1 aromatic heterocycles. The minimum atomic E-state index is -0.355. The molecule has 0 radical (unpaired) electrons. The van der Waals surface area contributed by atoms with E-state index < -0.39 is 0 Å². The van der Waals surface area contributed by atoms with Gasteiger partial charge in [0.15, 0.2) is 0 Å². The van der Waals surface area contributed by atoms with E-state index in [1.165, 1.54) is 11.8 Å². The third-order valence-corrected chi connectivity index (χ3v) is 1.77. The Bertz CT molecular complexity index is 318. The first-order chi connectivity index (χ1) is 4.79. The Hall–Kier alpha value is -1.15. The zero-order valence-corrected chi connectivity index (χ0v) is 6.08. The van der Waals surface area contributed by atoms with Gasteiger partial charge in [-0.1, -0.05) is 0 Å². The minimum absolute atomic E-state index is 0.160. The summed E-state index contributed by atoms with van der Waals surface area (Å²) >= 11 is 1.33. The highest BCUT2D eigenvalue weighted by atomic mass is 32.2. The maximum absolute atomic E-state index is 10.7. The van der Waals surface area contributed by atoms with Crippen molar-refractivity contribution in [2.24, 2.45) is 0 Å². The largest absolute Gasteiger partial charge is 0.290 e. The summed E-state index contributed by atoms with van der Waals surface area (Å²) in [5.41, 5.74) is -0.195. The Kier molecular flexibility index (Phi) is 1.83. The van der Waals surface area contributed by atoms with Crippen LogP contribution in [0.5, 0.6) is 0 Å². The molecule has 0 saturated heterocycles. The van der Waals surface area contributed by atoms with Crippen LogP contribution in [-0.2, 0) is 0 Å².